The van der Waals surface area contributed by atoms with E-state index in [0.29, 0.717) is 24.6 Å². The van der Waals surface area contributed by atoms with Gasteiger partial charge in [-0.25, -0.2) is 4.39 Å². The average molecular weight is 524 g/mol. The zero-order chi connectivity index (χ0) is 27.2. The molecule has 7 heteroatoms. The first-order chi connectivity index (χ1) is 19.0. The molecule has 198 valence electrons. The fourth-order valence-corrected chi connectivity index (χ4v) is 4.86. The number of carbonyl (C=O) groups is 1. The monoisotopic (exact) mass is 523 g/mol. The Morgan fingerprint density at radius 2 is 1.67 bits per heavy atom. The summed E-state index contributed by atoms with van der Waals surface area (Å²) in [5.41, 5.74) is 4.73. The Balaban J connectivity index is 1.54. The molecule has 1 atom stereocenters. The van der Waals surface area contributed by atoms with Crippen molar-refractivity contribution in [2.24, 2.45) is 0 Å². The third kappa shape index (κ3) is 6.09. The van der Waals surface area contributed by atoms with Crippen molar-refractivity contribution < 1.29 is 18.7 Å². The maximum absolute atomic E-state index is 13.5. The molecule has 0 radical (unpaired) electrons. The van der Waals surface area contributed by atoms with Gasteiger partial charge in [0.15, 0.2) is 0 Å². The Morgan fingerprint density at radius 3 is 2.36 bits per heavy atom. The first kappa shape index (κ1) is 26.0. The molecule has 0 saturated carbocycles. The Hall–Kier alpha value is -4.65. The Morgan fingerprint density at radius 1 is 0.949 bits per heavy atom. The molecule has 0 spiro atoms. The Labute approximate surface area is 227 Å². The third-order valence-corrected chi connectivity index (χ3v) is 6.82. The molecule has 0 aliphatic heterocycles. The summed E-state index contributed by atoms with van der Waals surface area (Å²) >= 11 is 0. The molecule has 1 unspecified atom stereocenters. The van der Waals surface area contributed by atoms with Crippen molar-refractivity contribution in [1.82, 2.24) is 14.9 Å². The van der Waals surface area contributed by atoms with Gasteiger partial charge in [-0.2, -0.15) is 0 Å². The van der Waals surface area contributed by atoms with Crippen LogP contribution >= 0.6 is 0 Å². The lowest BCUT2D eigenvalue weighted by atomic mass is 9.87. The molecular weight excluding hydrogens is 493 g/mol. The van der Waals surface area contributed by atoms with Crippen molar-refractivity contribution in [2.45, 2.75) is 25.4 Å². The number of rotatable bonds is 10. The van der Waals surface area contributed by atoms with Crippen LogP contribution in [0.1, 0.15) is 34.7 Å². The number of amides is 1. The number of benzene rings is 3. The van der Waals surface area contributed by atoms with E-state index >= 15 is 0 Å². The van der Waals surface area contributed by atoms with E-state index in [4.69, 9.17) is 9.47 Å². The SMILES string of the molecule is COc1cc(OC)cc(C(CC(=O)NCc2ccccn2)c2cn(Cc3ccc(F)cc3)c3ccccc23)c1. The van der Waals surface area contributed by atoms with Crippen LogP contribution in [0.15, 0.2) is 97.3 Å². The summed E-state index contributed by atoms with van der Waals surface area (Å²) in [5.74, 6) is 0.664. The molecule has 6 nitrogen and oxygen atoms in total. The minimum absolute atomic E-state index is 0.0946. The van der Waals surface area contributed by atoms with Crippen LogP contribution in [0.2, 0.25) is 0 Å². The number of halogens is 1. The predicted molar refractivity (Wildman–Crippen MR) is 150 cm³/mol. The van der Waals surface area contributed by atoms with E-state index in [9.17, 15) is 9.18 Å². The molecular formula is C32H30FN3O3. The number of carbonyl (C=O) groups excluding carboxylic acids is 1. The van der Waals surface area contributed by atoms with Crippen LogP contribution in [0.5, 0.6) is 11.5 Å². The number of fused-ring (bicyclic) bond motifs is 1. The van der Waals surface area contributed by atoms with Crippen LogP contribution < -0.4 is 14.8 Å². The van der Waals surface area contributed by atoms with Crippen molar-refractivity contribution >= 4 is 16.8 Å². The summed E-state index contributed by atoms with van der Waals surface area (Å²) in [5, 5.41) is 4.07. The highest BCUT2D eigenvalue weighted by Crippen LogP contribution is 2.38. The van der Waals surface area contributed by atoms with E-state index in [1.54, 1.807) is 32.5 Å². The number of hydrogen-bond donors (Lipinski definition) is 1. The summed E-state index contributed by atoms with van der Waals surface area (Å²) in [4.78, 5) is 17.6. The molecule has 39 heavy (non-hydrogen) atoms. The molecule has 0 bridgehead atoms. The van der Waals surface area contributed by atoms with Crippen molar-refractivity contribution in [3.63, 3.8) is 0 Å². The third-order valence-electron chi connectivity index (χ3n) is 6.82. The lowest BCUT2D eigenvalue weighted by molar-refractivity contribution is -0.121. The van der Waals surface area contributed by atoms with Crippen molar-refractivity contribution in [3.8, 4) is 11.5 Å². The molecule has 0 fully saturated rings. The molecule has 5 rings (SSSR count). The van der Waals surface area contributed by atoms with Gasteiger partial charge < -0.3 is 19.4 Å². The van der Waals surface area contributed by atoms with E-state index in [2.05, 4.69) is 33.2 Å². The second kappa shape index (κ2) is 11.8. The largest absolute Gasteiger partial charge is 0.497 e. The maximum atomic E-state index is 13.5. The molecule has 0 saturated heterocycles. The summed E-state index contributed by atoms with van der Waals surface area (Å²) in [6, 6.07) is 26.0. The van der Waals surface area contributed by atoms with Crippen LogP contribution in [0.3, 0.4) is 0 Å². The number of aromatic nitrogens is 2. The van der Waals surface area contributed by atoms with Crippen molar-refractivity contribution in [1.29, 1.82) is 0 Å². The smallest absolute Gasteiger partial charge is 0.221 e. The highest BCUT2D eigenvalue weighted by molar-refractivity contribution is 5.87. The average Bonchev–Trinajstić information content (AvgIpc) is 3.34. The van der Waals surface area contributed by atoms with Crippen LogP contribution in [0.25, 0.3) is 10.9 Å². The summed E-state index contributed by atoms with van der Waals surface area (Å²) in [6.45, 7) is 0.918. The standard InChI is InChI=1S/C32H30FN3O3/c1-38-26-15-23(16-27(17-26)39-2)29(18-32(37)35-19-25-7-5-6-14-34-25)30-21-36(31-9-4-3-8-28(30)31)20-22-10-12-24(33)13-11-22/h3-17,21,29H,18-20H2,1-2H3,(H,35,37). The van der Waals surface area contributed by atoms with E-state index in [1.165, 1.54) is 12.1 Å². The van der Waals surface area contributed by atoms with E-state index in [1.807, 2.05) is 48.5 Å². The number of methoxy groups -OCH3 is 2. The molecule has 0 aliphatic rings. The van der Waals surface area contributed by atoms with Crippen LogP contribution in [-0.4, -0.2) is 29.7 Å². The lowest BCUT2D eigenvalue weighted by Crippen LogP contribution is -2.25. The first-order valence-corrected chi connectivity index (χ1v) is 12.8. The fraction of sp³-hybridized carbons (Fsp3) is 0.188. The molecule has 1 amide bonds. The van der Waals surface area contributed by atoms with E-state index in [0.717, 1.165) is 33.3 Å². The number of pyridine rings is 1. The molecule has 3 aromatic carbocycles. The van der Waals surface area contributed by atoms with Gasteiger partial charge in [0.2, 0.25) is 5.91 Å². The van der Waals surface area contributed by atoms with Gasteiger partial charge in [0.05, 0.1) is 26.5 Å². The van der Waals surface area contributed by atoms with Gasteiger partial charge >= 0.3 is 0 Å². The van der Waals surface area contributed by atoms with Crippen molar-refractivity contribution in [3.05, 3.63) is 126 Å². The highest BCUT2D eigenvalue weighted by atomic mass is 19.1. The van der Waals surface area contributed by atoms with Gasteiger partial charge in [-0.1, -0.05) is 36.4 Å². The maximum Gasteiger partial charge on any atom is 0.221 e. The Kier molecular flexibility index (Phi) is 7.87. The van der Waals surface area contributed by atoms with E-state index < -0.39 is 0 Å². The van der Waals surface area contributed by atoms with Gasteiger partial charge in [-0.05, 0) is 59.2 Å². The van der Waals surface area contributed by atoms with Gasteiger partial charge in [0, 0.05) is 48.2 Å². The van der Waals surface area contributed by atoms with Gasteiger partial charge in [0.25, 0.3) is 0 Å². The molecule has 2 aromatic heterocycles. The highest BCUT2D eigenvalue weighted by Gasteiger charge is 2.24. The summed E-state index contributed by atoms with van der Waals surface area (Å²) in [6.07, 6.45) is 4.02. The van der Waals surface area contributed by atoms with Crippen molar-refractivity contribution in [2.75, 3.05) is 14.2 Å². The molecule has 5 aromatic rings. The number of ether oxygens (including phenoxy) is 2. The number of nitrogens with one attached hydrogen (secondary N) is 1. The Bertz CT molecular complexity index is 1540. The number of para-hydroxylation sites is 1. The minimum atomic E-state index is -0.280. The summed E-state index contributed by atoms with van der Waals surface area (Å²) < 4.78 is 26.8. The van der Waals surface area contributed by atoms with Gasteiger partial charge in [0.1, 0.15) is 17.3 Å². The minimum Gasteiger partial charge on any atom is -0.497 e. The fourth-order valence-electron chi connectivity index (χ4n) is 4.86. The normalized spacial score (nSPS) is 11.8. The zero-order valence-corrected chi connectivity index (χ0v) is 21.9. The van der Waals surface area contributed by atoms with Gasteiger partial charge in [-0.3, -0.25) is 9.78 Å². The van der Waals surface area contributed by atoms with Crippen LogP contribution in [0, 0.1) is 5.82 Å². The second-order valence-corrected chi connectivity index (χ2v) is 9.36. The molecule has 0 aliphatic carbocycles. The lowest BCUT2D eigenvalue weighted by Gasteiger charge is -2.19. The van der Waals surface area contributed by atoms with Gasteiger partial charge in [-0.15, -0.1) is 0 Å². The topological polar surface area (TPSA) is 65.4 Å². The quantitative estimate of drug-likeness (QED) is 0.241. The first-order valence-electron chi connectivity index (χ1n) is 12.8. The number of nitrogens with zero attached hydrogens (tertiary/aromatic N) is 2. The predicted octanol–water partition coefficient (Wildman–Crippen LogP) is 6.08. The molecule has 2 heterocycles. The molecule has 1 N–H and O–H groups in total. The summed E-state index contributed by atoms with van der Waals surface area (Å²) in [7, 11) is 3.23. The zero-order valence-electron chi connectivity index (χ0n) is 21.9. The van der Waals surface area contributed by atoms with Crippen LogP contribution in [-0.2, 0) is 17.9 Å². The second-order valence-electron chi connectivity index (χ2n) is 9.36. The van der Waals surface area contributed by atoms with Crippen LogP contribution in [0.4, 0.5) is 4.39 Å². The number of hydrogen-bond acceptors (Lipinski definition) is 4. The van der Waals surface area contributed by atoms with E-state index in [-0.39, 0.29) is 24.1 Å².